The van der Waals surface area contributed by atoms with E-state index < -0.39 is 23.5 Å². The van der Waals surface area contributed by atoms with Crippen molar-refractivity contribution < 1.29 is 35.8 Å². The second-order valence-electron chi connectivity index (χ2n) is 11.7. The van der Waals surface area contributed by atoms with Gasteiger partial charge in [0.2, 0.25) is 11.8 Å². The van der Waals surface area contributed by atoms with Gasteiger partial charge in [-0.25, -0.2) is 29.9 Å². The van der Waals surface area contributed by atoms with Gasteiger partial charge in [-0.15, -0.1) is 0 Å². The van der Waals surface area contributed by atoms with E-state index in [1.807, 2.05) is 24.3 Å². The lowest BCUT2D eigenvalue weighted by Gasteiger charge is -2.10. The van der Waals surface area contributed by atoms with Gasteiger partial charge < -0.3 is 20.5 Å². The fourth-order valence-corrected chi connectivity index (χ4v) is 4.85. The topological polar surface area (TPSA) is 134 Å². The van der Waals surface area contributed by atoms with Crippen molar-refractivity contribution in [2.45, 2.75) is 39.0 Å². The molecule has 19 heteroatoms. The zero-order valence-electron chi connectivity index (χ0n) is 30.0. The molecule has 6 aromatic rings. The number of benzene rings is 2. The molecule has 0 saturated carbocycles. The second kappa shape index (κ2) is 20.8. The number of nitrogens with two attached hydrogens (primary N) is 1. The zero-order valence-corrected chi connectivity index (χ0v) is 32.3. The summed E-state index contributed by atoms with van der Waals surface area (Å²) in [5.74, 6) is 1.79. The number of aromatic nitrogens is 6. The molecule has 2 aromatic carbocycles. The Morgan fingerprint density at radius 1 is 0.579 bits per heavy atom. The number of pyridine rings is 2. The number of anilines is 1. The van der Waals surface area contributed by atoms with Crippen molar-refractivity contribution in [2.75, 3.05) is 18.4 Å². The number of hydrogen-bond donors (Lipinski definition) is 2. The molecular formula is C38H33Cl3F6N8O2. The Balaban J connectivity index is 0.000000215. The van der Waals surface area contributed by atoms with E-state index in [2.05, 4.69) is 35.2 Å². The molecule has 0 unspecified atom stereocenters. The highest BCUT2D eigenvalue weighted by Crippen LogP contribution is 2.31. The maximum absolute atomic E-state index is 12.5. The van der Waals surface area contributed by atoms with E-state index in [4.69, 9.17) is 50.0 Å². The molecule has 0 fully saturated rings. The summed E-state index contributed by atoms with van der Waals surface area (Å²) in [4.78, 5) is 22.9. The van der Waals surface area contributed by atoms with E-state index >= 15 is 0 Å². The van der Waals surface area contributed by atoms with Crippen molar-refractivity contribution in [3.8, 4) is 23.3 Å². The number of aryl methyl sites for hydroxylation is 2. The first-order valence-electron chi connectivity index (χ1n) is 16.7. The lowest BCUT2D eigenvalue weighted by Crippen LogP contribution is -2.07. The van der Waals surface area contributed by atoms with Crippen LogP contribution in [0.2, 0.25) is 15.2 Å². The smallest absolute Gasteiger partial charge is 0.417 e. The minimum atomic E-state index is -4.42. The van der Waals surface area contributed by atoms with Gasteiger partial charge in [0, 0.05) is 31.1 Å². The van der Waals surface area contributed by atoms with Crippen molar-refractivity contribution in [3.63, 3.8) is 0 Å². The average Bonchev–Trinajstić information content (AvgIpc) is 3.17. The van der Waals surface area contributed by atoms with Gasteiger partial charge in [-0.3, -0.25) is 0 Å². The lowest BCUT2D eigenvalue weighted by atomic mass is 10.1. The molecule has 4 aromatic heterocycles. The SMILES string of the molecule is Cc1ncnc(Cl)c1Cl.Cc1ncnc(NCCc2ccc(Oc3ccc(C(F)(F)F)cn3)cc2)c1Cl.NCCc1ccc(Oc2ccc(C(F)(F)F)cn2)cc1. The van der Waals surface area contributed by atoms with Crippen molar-refractivity contribution in [1.82, 2.24) is 29.9 Å². The molecule has 0 amide bonds. The Hall–Kier alpha value is -5.29. The summed E-state index contributed by atoms with van der Waals surface area (Å²) >= 11 is 17.3. The Labute approximate surface area is 338 Å². The van der Waals surface area contributed by atoms with Crippen LogP contribution in [0.3, 0.4) is 0 Å². The van der Waals surface area contributed by atoms with Gasteiger partial charge in [-0.1, -0.05) is 59.1 Å². The van der Waals surface area contributed by atoms with Gasteiger partial charge in [-0.05, 0) is 80.8 Å². The molecule has 0 aliphatic rings. The fourth-order valence-electron chi connectivity index (χ4n) is 4.41. The van der Waals surface area contributed by atoms with E-state index in [-0.39, 0.29) is 11.8 Å². The second-order valence-corrected chi connectivity index (χ2v) is 12.8. The molecule has 0 spiro atoms. The van der Waals surface area contributed by atoms with Gasteiger partial charge in [-0.2, -0.15) is 26.3 Å². The number of nitrogens with zero attached hydrogens (tertiary/aromatic N) is 6. The van der Waals surface area contributed by atoms with Gasteiger partial charge in [0.15, 0.2) is 5.15 Å². The van der Waals surface area contributed by atoms with E-state index in [0.29, 0.717) is 57.0 Å². The Morgan fingerprint density at radius 2 is 1.04 bits per heavy atom. The molecule has 0 bridgehead atoms. The summed E-state index contributed by atoms with van der Waals surface area (Å²) in [6.45, 7) is 4.76. The molecule has 10 nitrogen and oxygen atoms in total. The van der Waals surface area contributed by atoms with Crippen LogP contribution in [-0.4, -0.2) is 43.0 Å². The van der Waals surface area contributed by atoms with Crippen LogP contribution in [0.5, 0.6) is 23.3 Å². The van der Waals surface area contributed by atoms with Gasteiger partial charge >= 0.3 is 12.4 Å². The predicted octanol–water partition coefficient (Wildman–Crippen LogP) is 10.8. The Morgan fingerprint density at radius 3 is 1.44 bits per heavy atom. The summed E-state index contributed by atoms with van der Waals surface area (Å²) in [6, 6.07) is 18.6. The molecule has 57 heavy (non-hydrogen) atoms. The number of alkyl halides is 6. The van der Waals surface area contributed by atoms with Crippen LogP contribution in [0.4, 0.5) is 32.2 Å². The highest BCUT2D eigenvalue weighted by atomic mass is 35.5. The molecular weight excluding hydrogens is 821 g/mol. The number of nitrogens with one attached hydrogen (secondary N) is 1. The van der Waals surface area contributed by atoms with Crippen LogP contribution in [0.25, 0.3) is 0 Å². The van der Waals surface area contributed by atoms with E-state index in [1.54, 1.807) is 38.1 Å². The summed E-state index contributed by atoms with van der Waals surface area (Å²) in [5.41, 5.74) is 7.34. The molecule has 6 rings (SSSR count). The number of hydrogen-bond acceptors (Lipinski definition) is 10. The van der Waals surface area contributed by atoms with E-state index in [1.165, 1.54) is 24.8 Å². The van der Waals surface area contributed by atoms with Crippen molar-refractivity contribution in [2.24, 2.45) is 5.73 Å². The van der Waals surface area contributed by atoms with Gasteiger partial charge in [0.05, 0.1) is 27.5 Å². The molecule has 0 saturated heterocycles. The highest BCUT2D eigenvalue weighted by molar-refractivity contribution is 6.41. The predicted molar refractivity (Wildman–Crippen MR) is 205 cm³/mol. The molecule has 0 aliphatic carbocycles. The Kier molecular flexibility index (Phi) is 16.2. The largest absolute Gasteiger partial charge is 0.439 e. The minimum Gasteiger partial charge on any atom is -0.439 e. The van der Waals surface area contributed by atoms with Gasteiger partial charge in [0.1, 0.15) is 35.0 Å². The van der Waals surface area contributed by atoms with E-state index in [9.17, 15) is 26.3 Å². The summed E-state index contributed by atoms with van der Waals surface area (Å²) in [5, 5.41) is 4.39. The van der Waals surface area contributed by atoms with Crippen molar-refractivity contribution >= 4 is 40.6 Å². The molecule has 0 aliphatic heterocycles. The van der Waals surface area contributed by atoms with Crippen LogP contribution in [0, 0.1) is 13.8 Å². The third-order valence-corrected chi connectivity index (χ3v) is 8.73. The first kappa shape index (κ1) is 44.4. The summed E-state index contributed by atoms with van der Waals surface area (Å²) in [7, 11) is 0. The van der Waals surface area contributed by atoms with E-state index in [0.717, 1.165) is 48.5 Å². The lowest BCUT2D eigenvalue weighted by molar-refractivity contribution is -0.138. The van der Waals surface area contributed by atoms with Crippen LogP contribution in [-0.2, 0) is 25.2 Å². The maximum atomic E-state index is 12.5. The monoisotopic (exact) mass is 852 g/mol. The first-order chi connectivity index (χ1) is 27.0. The minimum absolute atomic E-state index is 0.0937. The Bertz CT molecular complexity index is 2140. The van der Waals surface area contributed by atoms with Crippen LogP contribution in [0.15, 0.2) is 97.8 Å². The van der Waals surface area contributed by atoms with Crippen molar-refractivity contribution in [1.29, 1.82) is 0 Å². The quantitative estimate of drug-likeness (QED) is 0.101. The molecule has 0 atom stereocenters. The van der Waals surface area contributed by atoms with Crippen LogP contribution >= 0.6 is 34.8 Å². The first-order valence-corrected chi connectivity index (χ1v) is 17.8. The standard InChI is InChI=1S/C19H16ClF3N4O.C14H13F3N2O.C5H4Cl2N2/c1-12-17(20)18(27-11-26-12)24-9-8-13-2-5-15(6-3-13)28-16-7-4-14(10-25-16)19(21,22)23;15-14(16,17)11-3-6-13(19-9-11)20-12-4-1-10(2-5-12)7-8-18;1-3-4(6)5(7)9-2-8-3/h2-7,10-11H,8-9H2,1H3,(H,24,26,27);1-6,9H,7-8,18H2;2H,1H3. The number of halogens is 9. The van der Waals surface area contributed by atoms with Crippen LogP contribution in [0.1, 0.15) is 33.6 Å². The molecule has 0 radical (unpaired) electrons. The summed E-state index contributed by atoms with van der Waals surface area (Å²) in [6.07, 6.45) is -3.01. The third kappa shape index (κ3) is 14.3. The maximum Gasteiger partial charge on any atom is 0.417 e. The zero-order chi connectivity index (χ0) is 41.6. The average molecular weight is 854 g/mol. The molecule has 4 heterocycles. The number of rotatable bonds is 10. The summed E-state index contributed by atoms with van der Waals surface area (Å²) < 4.78 is 85.6. The normalized spacial score (nSPS) is 11.1. The van der Waals surface area contributed by atoms with Gasteiger partial charge in [0.25, 0.3) is 0 Å². The highest BCUT2D eigenvalue weighted by Gasteiger charge is 2.31. The van der Waals surface area contributed by atoms with Crippen LogP contribution < -0.4 is 20.5 Å². The van der Waals surface area contributed by atoms with Crippen molar-refractivity contribution in [3.05, 3.63) is 147 Å². The molecule has 300 valence electrons. The third-order valence-electron chi connectivity index (χ3n) is 7.44. The fraction of sp³-hybridized carbons (Fsp3) is 0.211. The molecule has 3 N–H and O–H groups in total. The number of ether oxygens (including phenoxy) is 2.